The Morgan fingerprint density at radius 3 is 2.48 bits per heavy atom. The Hall–Kier alpha value is -3.16. The molecule has 0 spiro atoms. The third-order valence-electron chi connectivity index (χ3n) is 3.57. The zero-order chi connectivity index (χ0) is 16.6. The summed E-state index contributed by atoms with van der Waals surface area (Å²) < 4.78 is 1.47. The number of carboxylic acid groups (broad SMARTS) is 1. The number of carboxylic acids is 1. The topological polar surface area (TPSA) is 105 Å². The Morgan fingerprint density at radius 1 is 1.22 bits per heavy atom. The van der Waals surface area contributed by atoms with Crippen molar-refractivity contribution >= 4 is 23.5 Å². The molecule has 0 aliphatic carbocycles. The van der Waals surface area contributed by atoms with Crippen LogP contribution in [0.25, 0.3) is 11.3 Å². The number of aromatic carboxylic acids is 1. The van der Waals surface area contributed by atoms with Gasteiger partial charge in [-0.25, -0.2) is 4.79 Å². The lowest BCUT2D eigenvalue weighted by Crippen LogP contribution is -2.51. The number of benzene rings is 1. The molecule has 0 atom stereocenters. The summed E-state index contributed by atoms with van der Waals surface area (Å²) in [6.45, 7) is 0.124. The van der Waals surface area contributed by atoms with Crippen LogP contribution < -0.4 is 10.2 Å². The summed E-state index contributed by atoms with van der Waals surface area (Å²) in [5.74, 6) is -1.85. The number of carbonyl (C=O) groups excluding carboxylic acids is 2. The number of aromatic nitrogens is 2. The quantitative estimate of drug-likeness (QED) is 0.787. The van der Waals surface area contributed by atoms with Crippen LogP contribution in [0.5, 0.6) is 0 Å². The van der Waals surface area contributed by atoms with Gasteiger partial charge in [-0.1, -0.05) is 18.2 Å². The highest BCUT2D eigenvalue weighted by molar-refractivity contribution is 6.03. The SMILES string of the molecule is Cn1nc(C(=O)O)cc1-c1ccccc1N1CC(=O)NC(=O)C1. The van der Waals surface area contributed by atoms with Gasteiger partial charge in [0, 0.05) is 18.3 Å². The minimum Gasteiger partial charge on any atom is -0.476 e. The number of piperazine rings is 1. The number of hydrogen-bond donors (Lipinski definition) is 2. The maximum atomic E-state index is 11.6. The summed E-state index contributed by atoms with van der Waals surface area (Å²) in [6.07, 6.45) is 0. The number of nitrogens with zero attached hydrogens (tertiary/aromatic N) is 3. The highest BCUT2D eigenvalue weighted by atomic mass is 16.4. The first-order valence-electron chi connectivity index (χ1n) is 6.90. The van der Waals surface area contributed by atoms with Crippen LogP contribution in [0.4, 0.5) is 5.69 Å². The van der Waals surface area contributed by atoms with Crippen molar-refractivity contribution in [2.24, 2.45) is 7.05 Å². The third-order valence-corrected chi connectivity index (χ3v) is 3.57. The monoisotopic (exact) mass is 314 g/mol. The maximum Gasteiger partial charge on any atom is 0.356 e. The van der Waals surface area contributed by atoms with E-state index in [1.807, 2.05) is 0 Å². The van der Waals surface area contributed by atoms with Gasteiger partial charge < -0.3 is 10.0 Å². The van der Waals surface area contributed by atoms with E-state index in [0.717, 1.165) is 0 Å². The molecule has 1 aromatic heterocycles. The summed E-state index contributed by atoms with van der Waals surface area (Å²) in [4.78, 5) is 35.9. The largest absolute Gasteiger partial charge is 0.476 e. The van der Waals surface area contributed by atoms with Crippen LogP contribution in [0.3, 0.4) is 0 Å². The number of rotatable bonds is 3. The number of nitrogens with one attached hydrogen (secondary N) is 1. The van der Waals surface area contributed by atoms with E-state index < -0.39 is 5.97 Å². The number of amides is 2. The standard InChI is InChI=1S/C15H14N4O4/c1-18-12(6-10(17-18)15(22)23)9-4-2-3-5-11(9)19-7-13(20)16-14(21)8-19/h2-6H,7-8H2,1H3,(H,22,23)(H,16,20,21). The molecule has 23 heavy (non-hydrogen) atoms. The fourth-order valence-corrected chi connectivity index (χ4v) is 2.60. The Kier molecular flexibility index (Phi) is 3.57. The van der Waals surface area contributed by atoms with E-state index in [1.165, 1.54) is 10.7 Å². The molecule has 2 N–H and O–H groups in total. The van der Waals surface area contributed by atoms with Crippen LogP contribution in [0, 0.1) is 0 Å². The molecule has 2 aromatic rings. The number of carbonyl (C=O) groups is 3. The molecule has 0 unspecified atom stereocenters. The molecule has 1 aromatic carbocycles. The normalized spacial score (nSPS) is 14.7. The van der Waals surface area contributed by atoms with Gasteiger partial charge in [0.25, 0.3) is 0 Å². The van der Waals surface area contributed by atoms with E-state index in [0.29, 0.717) is 16.9 Å². The summed E-state index contributed by atoms with van der Waals surface area (Å²) in [6, 6.07) is 8.65. The highest BCUT2D eigenvalue weighted by Gasteiger charge is 2.25. The van der Waals surface area contributed by atoms with Gasteiger partial charge >= 0.3 is 5.97 Å². The van der Waals surface area contributed by atoms with Gasteiger partial charge in [0.15, 0.2) is 5.69 Å². The Balaban J connectivity index is 2.06. The first-order valence-corrected chi connectivity index (χ1v) is 6.90. The molecule has 0 saturated carbocycles. The number of imide groups is 1. The minimum absolute atomic E-state index is 0.0619. The van der Waals surface area contributed by atoms with Crippen LogP contribution in [-0.2, 0) is 16.6 Å². The average Bonchev–Trinajstić information content (AvgIpc) is 2.88. The smallest absolute Gasteiger partial charge is 0.356 e. The molecule has 2 amide bonds. The number of para-hydroxylation sites is 1. The summed E-state index contributed by atoms with van der Waals surface area (Å²) in [7, 11) is 1.65. The third kappa shape index (κ3) is 2.78. The predicted molar refractivity (Wildman–Crippen MR) is 81.0 cm³/mol. The van der Waals surface area contributed by atoms with E-state index in [2.05, 4.69) is 10.4 Å². The molecule has 2 heterocycles. The summed E-state index contributed by atoms with van der Waals surface area (Å²) in [5, 5.41) is 15.3. The molecule has 8 heteroatoms. The average molecular weight is 314 g/mol. The van der Waals surface area contributed by atoms with Crippen molar-refractivity contribution < 1.29 is 19.5 Å². The van der Waals surface area contributed by atoms with Crippen LogP contribution in [0.1, 0.15) is 10.5 Å². The maximum absolute atomic E-state index is 11.6. The van der Waals surface area contributed by atoms with Crippen LogP contribution >= 0.6 is 0 Å². The molecular weight excluding hydrogens is 300 g/mol. The van der Waals surface area contributed by atoms with Crippen LogP contribution in [0.15, 0.2) is 30.3 Å². The molecule has 8 nitrogen and oxygen atoms in total. The molecule has 1 aliphatic rings. The van der Waals surface area contributed by atoms with Gasteiger partial charge in [-0.05, 0) is 12.1 Å². The van der Waals surface area contributed by atoms with Crippen molar-refractivity contribution in [1.82, 2.24) is 15.1 Å². The van der Waals surface area contributed by atoms with Crippen LogP contribution in [-0.4, -0.2) is 45.8 Å². The van der Waals surface area contributed by atoms with Gasteiger partial charge in [0.05, 0.1) is 18.8 Å². The minimum atomic E-state index is -1.11. The van der Waals surface area contributed by atoms with Gasteiger partial charge in [-0.15, -0.1) is 0 Å². The van der Waals surface area contributed by atoms with Crippen molar-refractivity contribution in [2.45, 2.75) is 0 Å². The van der Waals surface area contributed by atoms with E-state index in [9.17, 15) is 14.4 Å². The number of hydrogen-bond acceptors (Lipinski definition) is 5. The Labute approximate surface area is 131 Å². The highest BCUT2D eigenvalue weighted by Crippen LogP contribution is 2.31. The van der Waals surface area contributed by atoms with E-state index in [4.69, 9.17) is 5.11 Å². The summed E-state index contributed by atoms with van der Waals surface area (Å²) in [5.41, 5.74) is 1.91. The first kappa shape index (κ1) is 14.8. The second-order valence-corrected chi connectivity index (χ2v) is 5.19. The molecule has 0 radical (unpaired) electrons. The Morgan fingerprint density at radius 2 is 1.87 bits per heavy atom. The molecule has 3 rings (SSSR count). The molecular formula is C15H14N4O4. The van der Waals surface area contributed by atoms with Gasteiger partial charge in [0.1, 0.15) is 0 Å². The van der Waals surface area contributed by atoms with E-state index in [-0.39, 0.29) is 30.6 Å². The van der Waals surface area contributed by atoms with Crippen LogP contribution in [0.2, 0.25) is 0 Å². The van der Waals surface area contributed by atoms with E-state index in [1.54, 1.807) is 36.2 Å². The van der Waals surface area contributed by atoms with Crippen molar-refractivity contribution in [3.05, 3.63) is 36.0 Å². The zero-order valence-electron chi connectivity index (χ0n) is 12.3. The predicted octanol–water partition coefficient (Wildman–Crippen LogP) is 0.248. The second-order valence-electron chi connectivity index (χ2n) is 5.19. The second kappa shape index (κ2) is 5.56. The fourth-order valence-electron chi connectivity index (χ4n) is 2.60. The lowest BCUT2D eigenvalue weighted by atomic mass is 10.1. The van der Waals surface area contributed by atoms with Crippen molar-refractivity contribution in [3.8, 4) is 11.3 Å². The van der Waals surface area contributed by atoms with Gasteiger partial charge in [-0.3, -0.25) is 19.6 Å². The number of aryl methyl sites for hydroxylation is 1. The lowest BCUT2D eigenvalue weighted by Gasteiger charge is -2.29. The molecule has 1 fully saturated rings. The molecule has 1 saturated heterocycles. The van der Waals surface area contributed by atoms with Gasteiger partial charge in [-0.2, -0.15) is 5.10 Å². The van der Waals surface area contributed by atoms with Crippen molar-refractivity contribution in [2.75, 3.05) is 18.0 Å². The zero-order valence-corrected chi connectivity index (χ0v) is 12.3. The van der Waals surface area contributed by atoms with Crippen molar-refractivity contribution in [3.63, 3.8) is 0 Å². The van der Waals surface area contributed by atoms with Gasteiger partial charge in [0.2, 0.25) is 11.8 Å². The lowest BCUT2D eigenvalue weighted by molar-refractivity contribution is -0.130. The first-order chi connectivity index (χ1) is 11.0. The number of anilines is 1. The van der Waals surface area contributed by atoms with E-state index >= 15 is 0 Å². The Bertz CT molecular complexity index is 796. The fraction of sp³-hybridized carbons (Fsp3) is 0.200. The molecule has 118 valence electrons. The van der Waals surface area contributed by atoms with Crippen molar-refractivity contribution in [1.29, 1.82) is 0 Å². The molecule has 0 bridgehead atoms. The summed E-state index contributed by atoms with van der Waals surface area (Å²) >= 11 is 0. The molecule has 1 aliphatic heterocycles.